The van der Waals surface area contributed by atoms with E-state index in [-0.39, 0.29) is 63.6 Å². The van der Waals surface area contributed by atoms with E-state index >= 15 is 8.78 Å². The number of ether oxygens (including phenoxy) is 2. The lowest BCUT2D eigenvalue weighted by molar-refractivity contribution is 0.0976. The van der Waals surface area contributed by atoms with Gasteiger partial charge in [0.05, 0.1) is 29.0 Å². The average molecular weight is 647 g/mol. The first-order valence-corrected chi connectivity index (χ1v) is 16.2. The molecule has 4 aromatic carbocycles. The van der Waals surface area contributed by atoms with Crippen LogP contribution in [-0.4, -0.2) is 32.3 Å². The van der Waals surface area contributed by atoms with E-state index in [2.05, 4.69) is 5.32 Å². The number of hydrogen-bond donors (Lipinski definition) is 2. The van der Waals surface area contributed by atoms with E-state index in [9.17, 15) is 18.3 Å². The number of nitrogens with one attached hydrogen (secondary N) is 1. The Bertz CT molecular complexity index is 1980. The monoisotopic (exact) mass is 646 g/mol. The smallest absolute Gasteiger partial charge is 0.262 e. The molecule has 2 aliphatic rings. The number of phenolic OH excluding ortho intramolecular Hbond substituents is 1. The summed E-state index contributed by atoms with van der Waals surface area (Å²) in [6.45, 7) is 3.74. The molecule has 0 bridgehead atoms. The molecule has 46 heavy (non-hydrogen) atoms. The van der Waals surface area contributed by atoms with E-state index in [1.807, 2.05) is 30.3 Å². The molecule has 4 aromatic rings. The third kappa shape index (κ3) is 5.78. The van der Waals surface area contributed by atoms with E-state index in [0.29, 0.717) is 0 Å². The highest BCUT2D eigenvalue weighted by Crippen LogP contribution is 2.52. The van der Waals surface area contributed by atoms with Gasteiger partial charge < -0.3 is 19.9 Å². The molecule has 0 spiro atoms. The molecule has 2 aliphatic heterocycles. The van der Waals surface area contributed by atoms with Crippen molar-refractivity contribution in [3.05, 3.63) is 124 Å². The second-order valence-electron chi connectivity index (χ2n) is 12.1. The Morgan fingerprint density at radius 1 is 0.978 bits per heavy atom. The molecule has 0 saturated carbocycles. The quantitative estimate of drug-likeness (QED) is 0.215. The lowest BCUT2D eigenvalue weighted by Crippen LogP contribution is -2.41. The van der Waals surface area contributed by atoms with Crippen LogP contribution in [0.5, 0.6) is 17.2 Å². The standard InChI is InChI=1S/C35H32F2N2O6S/c1-35(2)18-28-33(46(42,43)20-35)32(24-14-13-23(17-26(24)36)45-19-21-8-5-4-6-9-21)39(29-10-7-11-30(40)31(29)38-28)34(41)25-15-12-22(44-3)16-27(25)37/h4-17,32,38,40H,18-20H2,1-3H3. The number of aromatic hydroxyl groups is 1. The van der Waals surface area contributed by atoms with Gasteiger partial charge in [0.1, 0.15) is 47.2 Å². The van der Waals surface area contributed by atoms with Crippen LogP contribution in [0.1, 0.15) is 47.8 Å². The highest BCUT2D eigenvalue weighted by molar-refractivity contribution is 7.95. The Labute approximate surface area is 265 Å². The number of benzene rings is 4. The topological polar surface area (TPSA) is 105 Å². The van der Waals surface area contributed by atoms with Crippen LogP contribution in [0.3, 0.4) is 0 Å². The molecule has 11 heteroatoms. The normalized spacial score (nSPS) is 18.1. The van der Waals surface area contributed by atoms with Gasteiger partial charge in [-0.05, 0) is 53.8 Å². The summed E-state index contributed by atoms with van der Waals surface area (Å²) in [6, 6.07) is 19.7. The predicted molar refractivity (Wildman–Crippen MR) is 171 cm³/mol. The number of halogens is 2. The zero-order valence-electron chi connectivity index (χ0n) is 25.4. The van der Waals surface area contributed by atoms with Crippen LogP contribution >= 0.6 is 0 Å². The maximum absolute atomic E-state index is 16.3. The van der Waals surface area contributed by atoms with Crippen molar-refractivity contribution in [3.63, 3.8) is 0 Å². The molecular formula is C35H32F2N2O6S. The minimum atomic E-state index is -4.16. The highest BCUT2D eigenvalue weighted by Gasteiger charge is 2.48. The molecule has 238 valence electrons. The van der Waals surface area contributed by atoms with E-state index in [1.54, 1.807) is 13.8 Å². The van der Waals surface area contributed by atoms with Crippen molar-refractivity contribution in [2.24, 2.45) is 5.41 Å². The molecule has 2 N–H and O–H groups in total. The number of rotatable bonds is 6. The minimum Gasteiger partial charge on any atom is -0.506 e. The van der Waals surface area contributed by atoms with Gasteiger partial charge in [-0.3, -0.25) is 9.69 Å². The molecule has 8 nitrogen and oxygen atoms in total. The Morgan fingerprint density at radius 2 is 1.70 bits per heavy atom. The molecular weight excluding hydrogens is 614 g/mol. The first-order valence-electron chi connectivity index (χ1n) is 14.6. The Kier molecular flexibility index (Phi) is 7.97. The van der Waals surface area contributed by atoms with E-state index in [4.69, 9.17) is 9.47 Å². The summed E-state index contributed by atoms with van der Waals surface area (Å²) >= 11 is 0. The van der Waals surface area contributed by atoms with Gasteiger partial charge in [0, 0.05) is 23.4 Å². The summed E-state index contributed by atoms with van der Waals surface area (Å²) in [5.74, 6) is -2.90. The number of fused-ring (bicyclic) bond motifs is 1. The molecule has 1 amide bonds. The molecule has 0 saturated heterocycles. The number of methoxy groups -OCH3 is 1. The van der Waals surface area contributed by atoms with E-state index in [1.165, 1.54) is 49.6 Å². The number of anilines is 2. The van der Waals surface area contributed by atoms with Gasteiger partial charge in [0.25, 0.3) is 5.91 Å². The number of carbonyl (C=O) groups is 1. The fourth-order valence-corrected chi connectivity index (χ4v) is 8.45. The zero-order chi connectivity index (χ0) is 32.8. The summed E-state index contributed by atoms with van der Waals surface area (Å²) in [6.07, 6.45) is 0.213. The third-order valence-electron chi connectivity index (χ3n) is 8.07. The number of hydrogen-bond acceptors (Lipinski definition) is 7. The van der Waals surface area contributed by atoms with Gasteiger partial charge in [-0.25, -0.2) is 17.2 Å². The molecule has 0 fully saturated rings. The molecule has 0 radical (unpaired) electrons. The molecule has 6 rings (SSSR count). The third-order valence-corrected chi connectivity index (χ3v) is 10.4. The fourth-order valence-electron chi connectivity index (χ4n) is 6.10. The van der Waals surface area contributed by atoms with Crippen LogP contribution < -0.4 is 19.7 Å². The second-order valence-corrected chi connectivity index (χ2v) is 14.1. The number of amides is 1. The Balaban J connectivity index is 1.57. The Morgan fingerprint density at radius 3 is 2.39 bits per heavy atom. The molecule has 1 atom stereocenters. The van der Waals surface area contributed by atoms with Crippen LogP contribution in [0.4, 0.5) is 20.2 Å². The van der Waals surface area contributed by atoms with Crippen molar-refractivity contribution >= 4 is 27.1 Å². The van der Waals surface area contributed by atoms with Gasteiger partial charge in [-0.1, -0.05) is 50.2 Å². The summed E-state index contributed by atoms with van der Waals surface area (Å²) in [5, 5.41) is 14.0. The van der Waals surface area contributed by atoms with Crippen molar-refractivity contribution in [2.45, 2.75) is 32.9 Å². The maximum Gasteiger partial charge on any atom is 0.262 e. The summed E-state index contributed by atoms with van der Waals surface area (Å²) in [4.78, 5) is 15.3. The zero-order valence-corrected chi connectivity index (χ0v) is 26.2. The van der Waals surface area contributed by atoms with Crippen molar-refractivity contribution in [1.29, 1.82) is 0 Å². The average Bonchev–Trinajstić information content (AvgIpc) is 3.15. The minimum absolute atomic E-state index is 0.0379. The van der Waals surface area contributed by atoms with Crippen LogP contribution in [0, 0.1) is 17.0 Å². The summed E-state index contributed by atoms with van der Waals surface area (Å²) in [5.41, 5.74) is -0.133. The summed E-state index contributed by atoms with van der Waals surface area (Å²) in [7, 11) is -2.80. The van der Waals surface area contributed by atoms with Crippen LogP contribution in [0.2, 0.25) is 0 Å². The van der Waals surface area contributed by atoms with Crippen molar-refractivity contribution in [2.75, 3.05) is 23.1 Å². The van der Waals surface area contributed by atoms with Crippen LogP contribution in [0.15, 0.2) is 95.5 Å². The molecule has 0 aliphatic carbocycles. The molecule has 0 aromatic heterocycles. The number of nitrogens with zero attached hydrogens (tertiary/aromatic N) is 1. The lowest BCUT2D eigenvalue weighted by Gasteiger charge is -2.37. The SMILES string of the molecule is COc1ccc(C(=O)N2c3cccc(O)c3NC3=C(C2c2ccc(OCc4ccccc4)cc2F)S(=O)(=O)CC(C)(C)C3)c(F)c1. The Hall–Kier alpha value is -4.90. The predicted octanol–water partition coefficient (Wildman–Crippen LogP) is 7.13. The van der Waals surface area contributed by atoms with Crippen molar-refractivity contribution < 1.29 is 36.6 Å². The number of phenols is 1. The van der Waals surface area contributed by atoms with Gasteiger partial charge in [-0.15, -0.1) is 0 Å². The van der Waals surface area contributed by atoms with Crippen LogP contribution in [-0.2, 0) is 16.4 Å². The first-order chi connectivity index (χ1) is 21.9. The second kappa shape index (κ2) is 11.8. The van der Waals surface area contributed by atoms with Gasteiger partial charge >= 0.3 is 0 Å². The number of allylic oxidation sites excluding steroid dienone is 1. The van der Waals surface area contributed by atoms with Gasteiger partial charge in [-0.2, -0.15) is 0 Å². The molecule has 1 unspecified atom stereocenters. The number of carbonyl (C=O) groups excluding carboxylic acids is 1. The van der Waals surface area contributed by atoms with Crippen LogP contribution in [0.25, 0.3) is 0 Å². The molecule has 2 heterocycles. The fraction of sp³-hybridized carbons (Fsp3) is 0.229. The van der Waals surface area contributed by atoms with E-state index in [0.717, 1.165) is 22.6 Å². The first kappa shape index (κ1) is 31.1. The maximum atomic E-state index is 16.3. The van der Waals surface area contributed by atoms with Crippen molar-refractivity contribution in [3.8, 4) is 17.2 Å². The van der Waals surface area contributed by atoms with E-state index < -0.39 is 44.4 Å². The van der Waals surface area contributed by atoms with Gasteiger partial charge in [0.15, 0.2) is 9.84 Å². The van der Waals surface area contributed by atoms with Crippen molar-refractivity contribution in [1.82, 2.24) is 0 Å². The number of sulfone groups is 1. The number of para-hydroxylation sites is 1. The largest absolute Gasteiger partial charge is 0.506 e. The summed E-state index contributed by atoms with van der Waals surface area (Å²) < 4.78 is 71.0. The van der Waals surface area contributed by atoms with Gasteiger partial charge in [0.2, 0.25) is 0 Å². The lowest BCUT2D eigenvalue weighted by atomic mass is 9.88. The highest BCUT2D eigenvalue weighted by atomic mass is 32.2.